The van der Waals surface area contributed by atoms with Crippen molar-refractivity contribution in [2.24, 2.45) is 5.14 Å². The van der Waals surface area contributed by atoms with Crippen LogP contribution in [0.3, 0.4) is 0 Å². The summed E-state index contributed by atoms with van der Waals surface area (Å²) in [7, 11) is -3.88. The molecule has 0 aliphatic carbocycles. The van der Waals surface area contributed by atoms with Crippen LogP contribution in [0.4, 0.5) is 4.39 Å². The predicted octanol–water partition coefficient (Wildman–Crippen LogP) is 2.60. The van der Waals surface area contributed by atoms with Crippen LogP contribution in [0, 0.1) is 5.82 Å². The predicted molar refractivity (Wildman–Crippen MR) is 80.9 cm³/mol. The van der Waals surface area contributed by atoms with Crippen LogP contribution in [-0.4, -0.2) is 18.0 Å². The van der Waals surface area contributed by atoms with Gasteiger partial charge in [-0.2, -0.15) is 0 Å². The molecule has 0 aliphatic rings. The van der Waals surface area contributed by atoms with Gasteiger partial charge in [-0.25, -0.2) is 22.9 Å². The van der Waals surface area contributed by atoms with Crippen molar-refractivity contribution in [3.63, 3.8) is 0 Å². The fraction of sp³-hybridized carbons (Fsp3) is 0.308. The first-order chi connectivity index (χ1) is 9.68. The maximum absolute atomic E-state index is 13.9. The number of rotatable bonds is 4. The van der Waals surface area contributed by atoms with Crippen molar-refractivity contribution in [1.29, 1.82) is 0 Å². The highest BCUT2D eigenvalue weighted by Crippen LogP contribution is 2.21. The second kappa shape index (κ2) is 5.86. The van der Waals surface area contributed by atoms with Crippen LogP contribution < -0.4 is 5.14 Å². The SMILES string of the molecule is CC(C)c1nc(S(N)(=O)=O)cn1Cc1ccc(Br)cc1F. The normalized spacial score (nSPS) is 12.1. The van der Waals surface area contributed by atoms with Crippen LogP contribution >= 0.6 is 15.9 Å². The van der Waals surface area contributed by atoms with Gasteiger partial charge in [0.2, 0.25) is 0 Å². The van der Waals surface area contributed by atoms with Gasteiger partial charge in [-0.3, -0.25) is 0 Å². The largest absolute Gasteiger partial charge is 0.329 e. The highest BCUT2D eigenvalue weighted by atomic mass is 79.9. The minimum Gasteiger partial charge on any atom is -0.329 e. The molecule has 0 saturated carbocycles. The molecule has 0 aliphatic heterocycles. The molecule has 2 N–H and O–H groups in total. The first kappa shape index (κ1) is 16.1. The minimum absolute atomic E-state index is 0.0148. The number of hydrogen-bond donors (Lipinski definition) is 1. The number of benzene rings is 1. The van der Waals surface area contributed by atoms with Gasteiger partial charge < -0.3 is 4.57 Å². The maximum Gasteiger partial charge on any atom is 0.257 e. The third-order valence-electron chi connectivity index (χ3n) is 2.95. The summed E-state index contributed by atoms with van der Waals surface area (Å²) in [5.74, 6) is 0.158. The van der Waals surface area contributed by atoms with E-state index in [0.29, 0.717) is 15.9 Å². The molecule has 1 aromatic heterocycles. The van der Waals surface area contributed by atoms with E-state index in [0.717, 1.165) is 0 Å². The Bertz CT molecular complexity index is 772. The highest BCUT2D eigenvalue weighted by Gasteiger charge is 2.19. The van der Waals surface area contributed by atoms with Gasteiger partial charge in [0.25, 0.3) is 10.0 Å². The Morgan fingerprint density at radius 2 is 2.10 bits per heavy atom. The summed E-state index contributed by atoms with van der Waals surface area (Å²) in [5.41, 5.74) is 0.443. The Hall–Kier alpha value is -1.25. The number of halogens is 2. The Kier molecular flexibility index (Phi) is 4.50. The van der Waals surface area contributed by atoms with E-state index in [1.807, 2.05) is 13.8 Å². The molecule has 8 heteroatoms. The van der Waals surface area contributed by atoms with E-state index in [-0.39, 0.29) is 23.3 Å². The van der Waals surface area contributed by atoms with Crippen LogP contribution in [-0.2, 0) is 16.6 Å². The molecule has 0 fully saturated rings. The molecule has 0 unspecified atom stereocenters. The average Bonchev–Trinajstić information content (AvgIpc) is 2.76. The molecule has 5 nitrogen and oxygen atoms in total. The smallest absolute Gasteiger partial charge is 0.257 e. The lowest BCUT2D eigenvalue weighted by atomic mass is 10.2. The van der Waals surface area contributed by atoms with Gasteiger partial charge in [0, 0.05) is 22.2 Å². The Balaban J connectivity index is 2.45. The van der Waals surface area contributed by atoms with Gasteiger partial charge in [0.15, 0.2) is 5.03 Å². The standard InChI is InChI=1S/C13H15BrFN3O2S/c1-8(2)13-17-12(21(16,19)20)7-18(13)6-9-3-4-10(14)5-11(9)15/h3-5,7-8H,6H2,1-2H3,(H2,16,19,20). The van der Waals surface area contributed by atoms with Crippen LogP contribution in [0.1, 0.15) is 31.2 Å². The van der Waals surface area contributed by atoms with Gasteiger partial charge in [0.1, 0.15) is 11.6 Å². The molecule has 21 heavy (non-hydrogen) atoms. The first-order valence-corrected chi connectivity index (χ1v) is 8.56. The van der Waals surface area contributed by atoms with Gasteiger partial charge in [0.05, 0.1) is 6.54 Å². The number of nitrogens with zero attached hydrogens (tertiary/aromatic N) is 2. The molecule has 1 heterocycles. The minimum atomic E-state index is -3.88. The molecule has 0 radical (unpaired) electrons. The number of imidazole rings is 1. The summed E-state index contributed by atoms with van der Waals surface area (Å²) in [6.07, 6.45) is 1.34. The van der Waals surface area contributed by atoms with Gasteiger partial charge in [-0.1, -0.05) is 35.8 Å². The van der Waals surface area contributed by atoms with Crippen molar-refractivity contribution in [3.8, 4) is 0 Å². The molecule has 0 saturated heterocycles. The van der Waals surface area contributed by atoms with Crippen molar-refractivity contribution in [2.75, 3.05) is 0 Å². The van der Waals surface area contributed by atoms with Gasteiger partial charge in [-0.15, -0.1) is 0 Å². The van der Waals surface area contributed by atoms with Crippen molar-refractivity contribution in [1.82, 2.24) is 9.55 Å². The summed E-state index contributed by atoms with van der Waals surface area (Å²) in [6, 6.07) is 4.73. The third-order valence-corrected chi connectivity index (χ3v) is 4.22. The summed E-state index contributed by atoms with van der Waals surface area (Å²) in [4.78, 5) is 4.04. The summed E-state index contributed by atoms with van der Waals surface area (Å²) in [6.45, 7) is 3.95. The lowest BCUT2D eigenvalue weighted by Gasteiger charge is -2.10. The van der Waals surface area contributed by atoms with Crippen molar-refractivity contribution in [3.05, 3.63) is 46.1 Å². The molecular weight excluding hydrogens is 361 g/mol. The molecule has 2 aromatic rings. The molecule has 0 spiro atoms. The van der Waals surface area contributed by atoms with Crippen molar-refractivity contribution >= 4 is 26.0 Å². The molecule has 114 valence electrons. The fourth-order valence-electron chi connectivity index (χ4n) is 1.96. The van der Waals surface area contributed by atoms with E-state index < -0.39 is 10.0 Å². The number of primary sulfonamides is 1. The van der Waals surface area contributed by atoms with Crippen LogP contribution in [0.5, 0.6) is 0 Å². The van der Waals surface area contributed by atoms with Crippen molar-refractivity contribution < 1.29 is 12.8 Å². The maximum atomic E-state index is 13.9. The highest BCUT2D eigenvalue weighted by molar-refractivity contribution is 9.10. The van der Waals surface area contributed by atoms with E-state index in [2.05, 4.69) is 20.9 Å². The number of hydrogen-bond acceptors (Lipinski definition) is 3. The summed E-state index contributed by atoms with van der Waals surface area (Å²) >= 11 is 3.19. The van der Waals surface area contributed by atoms with E-state index >= 15 is 0 Å². The third kappa shape index (κ3) is 3.69. The quantitative estimate of drug-likeness (QED) is 0.891. The number of sulfonamides is 1. The molecular formula is C13H15BrFN3O2S. The fourth-order valence-corrected chi connectivity index (χ4v) is 2.79. The molecule has 0 amide bonds. The summed E-state index contributed by atoms with van der Waals surface area (Å²) in [5, 5.41) is 4.89. The van der Waals surface area contributed by atoms with Crippen molar-refractivity contribution in [2.45, 2.75) is 31.3 Å². The second-order valence-corrected chi connectivity index (χ2v) is 7.42. The van der Waals surface area contributed by atoms with Crippen LogP contribution in [0.25, 0.3) is 0 Å². The van der Waals surface area contributed by atoms with E-state index in [9.17, 15) is 12.8 Å². The summed E-state index contributed by atoms with van der Waals surface area (Å²) < 4.78 is 39.0. The van der Waals surface area contributed by atoms with E-state index in [1.54, 1.807) is 16.7 Å². The molecule has 0 bridgehead atoms. The van der Waals surface area contributed by atoms with Gasteiger partial charge in [-0.05, 0) is 12.1 Å². The average molecular weight is 376 g/mol. The number of aromatic nitrogens is 2. The lowest BCUT2D eigenvalue weighted by molar-refractivity contribution is 0.588. The zero-order valence-corrected chi connectivity index (χ0v) is 13.9. The molecule has 0 atom stereocenters. The Morgan fingerprint density at radius 3 is 2.62 bits per heavy atom. The topological polar surface area (TPSA) is 78.0 Å². The van der Waals surface area contributed by atoms with E-state index in [1.165, 1.54) is 12.3 Å². The molecule has 1 aromatic carbocycles. The van der Waals surface area contributed by atoms with Gasteiger partial charge >= 0.3 is 0 Å². The van der Waals surface area contributed by atoms with Crippen LogP contribution in [0.15, 0.2) is 33.9 Å². The Labute approximate surface area is 131 Å². The van der Waals surface area contributed by atoms with Crippen LogP contribution in [0.2, 0.25) is 0 Å². The lowest BCUT2D eigenvalue weighted by Crippen LogP contribution is -2.12. The van der Waals surface area contributed by atoms with E-state index in [4.69, 9.17) is 5.14 Å². The zero-order valence-electron chi connectivity index (χ0n) is 11.5. The molecule has 2 rings (SSSR count). The second-order valence-electron chi connectivity index (χ2n) is 5.00. The first-order valence-electron chi connectivity index (χ1n) is 6.22. The Morgan fingerprint density at radius 1 is 1.43 bits per heavy atom. The monoisotopic (exact) mass is 375 g/mol. The zero-order chi connectivity index (χ0) is 15.8. The number of nitrogens with two attached hydrogens (primary N) is 1.